The number of carbonyl (C=O) groups excluding carboxylic acids is 2. The van der Waals surface area contributed by atoms with E-state index in [1.165, 1.54) is 4.57 Å². The minimum atomic E-state index is -0.199. The van der Waals surface area contributed by atoms with Crippen LogP contribution in [0.4, 0.5) is 0 Å². The van der Waals surface area contributed by atoms with E-state index in [9.17, 15) is 14.4 Å². The van der Waals surface area contributed by atoms with Crippen molar-refractivity contribution in [2.45, 2.75) is 25.3 Å². The number of imidazole rings is 1. The minimum absolute atomic E-state index is 0.0342. The predicted octanol–water partition coefficient (Wildman–Crippen LogP) is 0.539. The molecule has 0 spiro atoms. The van der Waals surface area contributed by atoms with Gasteiger partial charge in [0.1, 0.15) is 0 Å². The third-order valence-electron chi connectivity index (χ3n) is 5.16. The molecule has 1 aliphatic rings. The maximum absolute atomic E-state index is 12.4. The summed E-state index contributed by atoms with van der Waals surface area (Å²) in [4.78, 5) is 42.8. The van der Waals surface area contributed by atoms with E-state index in [0.717, 1.165) is 37.9 Å². The number of hydrogen-bond acceptors (Lipinski definition) is 4. The highest BCUT2D eigenvalue weighted by atomic mass is 16.2. The molecule has 1 aliphatic heterocycles. The summed E-state index contributed by atoms with van der Waals surface area (Å²) in [5.74, 6) is -0.00867. The molecule has 3 rings (SSSR count). The summed E-state index contributed by atoms with van der Waals surface area (Å²) in [5.41, 5.74) is 1.74. The Morgan fingerprint density at radius 1 is 1.33 bits per heavy atom. The van der Waals surface area contributed by atoms with Gasteiger partial charge in [-0.25, -0.2) is 4.79 Å². The van der Waals surface area contributed by atoms with Crippen LogP contribution in [0.5, 0.6) is 0 Å². The fourth-order valence-corrected chi connectivity index (χ4v) is 3.64. The fourth-order valence-electron chi connectivity index (χ4n) is 3.64. The van der Waals surface area contributed by atoms with Crippen molar-refractivity contribution in [2.24, 2.45) is 7.05 Å². The predicted molar refractivity (Wildman–Crippen MR) is 104 cm³/mol. The monoisotopic (exact) mass is 373 g/mol. The highest BCUT2D eigenvalue weighted by molar-refractivity contribution is 5.97. The molecule has 8 heteroatoms. The lowest BCUT2D eigenvalue weighted by atomic mass is 10.2. The molecule has 1 aromatic heterocycles. The van der Waals surface area contributed by atoms with Gasteiger partial charge in [0, 0.05) is 39.8 Å². The molecule has 1 atom stereocenters. The Morgan fingerprint density at radius 3 is 2.85 bits per heavy atom. The largest absolute Gasteiger partial charge is 0.352 e. The summed E-state index contributed by atoms with van der Waals surface area (Å²) >= 11 is 0. The number of likely N-dealkylation sites (N-methyl/N-ethyl adjacent to an activating group) is 1. The number of nitrogens with one attached hydrogen (secondary N) is 2. The van der Waals surface area contributed by atoms with Gasteiger partial charge in [-0.15, -0.1) is 0 Å². The Bertz CT molecular complexity index is 898. The molecule has 8 nitrogen and oxygen atoms in total. The normalized spacial score (nSPS) is 17.4. The molecule has 0 saturated carbocycles. The van der Waals surface area contributed by atoms with Crippen LogP contribution in [0, 0.1) is 0 Å². The van der Waals surface area contributed by atoms with Gasteiger partial charge in [0.2, 0.25) is 5.91 Å². The van der Waals surface area contributed by atoms with Gasteiger partial charge in [0.25, 0.3) is 5.91 Å². The standard InChI is InChI=1S/C19H27N5O3/c1-22(2)18(26)16-6-4-10-24(16)11-5-9-20-17(25)13-7-8-15-14(12-13)21-19(27)23(15)3/h7-8,12,16H,4-6,9-11H2,1-3H3,(H,20,25)(H,21,27). The molecule has 1 aromatic carbocycles. The third kappa shape index (κ3) is 4.05. The van der Waals surface area contributed by atoms with Crippen molar-refractivity contribution in [3.63, 3.8) is 0 Å². The molecule has 2 N–H and O–H groups in total. The van der Waals surface area contributed by atoms with E-state index in [0.29, 0.717) is 17.6 Å². The first-order chi connectivity index (χ1) is 12.9. The van der Waals surface area contributed by atoms with E-state index >= 15 is 0 Å². The van der Waals surface area contributed by atoms with Gasteiger partial charge >= 0.3 is 5.69 Å². The van der Waals surface area contributed by atoms with Crippen molar-refractivity contribution in [1.29, 1.82) is 0 Å². The van der Waals surface area contributed by atoms with Gasteiger partial charge in [-0.2, -0.15) is 0 Å². The Labute approximate surface area is 158 Å². The van der Waals surface area contributed by atoms with Gasteiger partial charge in [0.05, 0.1) is 17.1 Å². The number of benzene rings is 1. The number of amides is 2. The van der Waals surface area contributed by atoms with E-state index in [1.54, 1.807) is 44.2 Å². The van der Waals surface area contributed by atoms with E-state index in [4.69, 9.17) is 0 Å². The van der Waals surface area contributed by atoms with Crippen LogP contribution in [0.1, 0.15) is 29.6 Å². The molecular formula is C19H27N5O3. The lowest BCUT2D eigenvalue weighted by Crippen LogP contribution is -2.43. The Hall–Kier alpha value is -2.61. The number of hydrogen-bond donors (Lipinski definition) is 2. The zero-order valence-corrected chi connectivity index (χ0v) is 16.1. The van der Waals surface area contributed by atoms with Crippen LogP contribution in [0.25, 0.3) is 11.0 Å². The maximum Gasteiger partial charge on any atom is 0.326 e. The van der Waals surface area contributed by atoms with E-state index in [1.807, 2.05) is 0 Å². The number of likely N-dealkylation sites (tertiary alicyclic amines) is 1. The summed E-state index contributed by atoms with van der Waals surface area (Å²) in [5, 5.41) is 2.92. The number of fused-ring (bicyclic) bond motifs is 1. The topological polar surface area (TPSA) is 90.4 Å². The first kappa shape index (κ1) is 19.2. The van der Waals surface area contributed by atoms with Crippen LogP contribution in [-0.4, -0.2) is 70.9 Å². The molecule has 1 fully saturated rings. The van der Waals surface area contributed by atoms with E-state index in [-0.39, 0.29) is 23.5 Å². The van der Waals surface area contributed by atoms with Crippen LogP contribution < -0.4 is 11.0 Å². The third-order valence-corrected chi connectivity index (χ3v) is 5.16. The first-order valence-corrected chi connectivity index (χ1v) is 9.30. The van der Waals surface area contributed by atoms with Crippen LogP contribution in [0.2, 0.25) is 0 Å². The Kier molecular flexibility index (Phi) is 5.65. The van der Waals surface area contributed by atoms with E-state index in [2.05, 4.69) is 15.2 Å². The molecule has 2 amide bonds. The molecule has 2 heterocycles. The molecule has 27 heavy (non-hydrogen) atoms. The molecule has 0 bridgehead atoms. The summed E-state index contributed by atoms with van der Waals surface area (Å²) in [6.45, 7) is 2.26. The minimum Gasteiger partial charge on any atom is -0.352 e. The molecule has 146 valence electrons. The molecule has 0 aliphatic carbocycles. The van der Waals surface area contributed by atoms with Crippen molar-refractivity contribution in [1.82, 2.24) is 24.7 Å². The molecule has 1 saturated heterocycles. The summed E-state index contributed by atoms with van der Waals surface area (Å²) in [7, 11) is 5.26. The number of aromatic nitrogens is 2. The second kappa shape index (κ2) is 7.96. The zero-order chi connectivity index (χ0) is 19.6. The number of carbonyl (C=O) groups is 2. The van der Waals surface area contributed by atoms with Crippen molar-refractivity contribution in [3.05, 3.63) is 34.2 Å². The maximum atomic E-state index is 12.4. The van der Waals surface area contributed by atoms with Gasteiger partial charge in [0.15, 0.2) is 0 Å². The summed E-state index contributed by atoms with van der Waals surface area (Å²) in [6, 6.07) is 5.15. The lowest BCUT2D eigenvalue weighted by molar-refractivity contribution is -0.133. The number of nitrogens with zero attached hydrogens (tertiary/aromatic N) is 3. The summed E-state index contributed by atoms with van der Waals surface area (Å²) < 4.78 is 1.51. The molecule has 1 unspecified atom stereocenters. The molecule has 2 aromatic rings. The highest BCUT2D eigenvalue weighted by Gasteiger charge is 2.30. The average Bonchev–Trinajstić information content (AvgIpc) is 3.22. The first-order valence-electron chi connectivity index (χ1n) is 9.30. The highest BCUT2D eigenvalue weighted by Crippen LogP contribution is 2.18. The van der Waals surface area contributed by atoms with E-state index < -0.39 is 0 Å². The zero-order valence-electron chi connectivity index (χ0n) is 16.1. The van der Waals surface area contributed by atoms with Crippen molar-refractivity contribution < 1.29 is 9.59 Å². The van der Waals surface area contributed by atoms with Crippen LogP contribution in [0.15, 0.2) is 23.0 Å². The second-order valence-corrected chi connectivity index (χ2v) is 7.26. The smallest absolute Gasteiger partial charge is 0.326 e. The Morgan fingerprint density at radius 2 is 2.11 bits per heavy atom. The van der Waals surface area contributed by atoms with Crippen molar-refractivity contribution in [3.8, 4) is 0 Å². The fraction of sp³-hybridized carbons (Fsp3) is 0.526. The van der Waals surface area contributed by atoms with Crippen LogP contribution in [-0.2, 0) is 11.8 Å². The van der Waals surface area contributed by atoms with Gasteiger partial charge in [-0.3, -0.25) is 19.1 Å². The number of aromatic amines is 1. The quantitative estimate of drug-likeness (QED) is 0.723. The SMILES string of the molecule is CN(C)C(=O)C1CCCN1CCCNC(=O)c1ccc2c(c1)[nH]c(=O)n2C. The van der Waals surface area contributed by atoms with Crippen molar-refractivity contribution in [2.75, 3.05) is 33.7 Å². The number of rotatable bonds is 6. The lowest BCUT2D eigenvalue weighted by Gasteiger charge is -2.26. The number of aryl methyl sites for hydroxylation is 1. The Balaban J connectivity index is 1.51. The van der Waals surface area contributed by atoms with Crippen LogP contribution >= 0.6 is 0 Å². The van der Waals surface area contributed by atoms with Crippen molar-refractivity contribution >= 4 is 22.8 Å². The van der Waals surface area contributed by atoms with Gasteiger partial charge in [-0.1, -0.05) is 0 Å². The average molecular weight is 373 g/mol. The van der Waals surface area contributed by atoms with Gasteiger partial charge in [-0.05, 0) is 44.0 Å². The molecule has 0 radical (unpaired) electrons. The van der Waals surface area contributed by atoms with Gasteiger partial charge < -0.3 is 15.2 Å². The number of H-pyrrole nitrogens is 1. The molecular weight excluding hydrogens is 346 g/mol. The second-order valence-electron chi connectivity index (χ2n) is 7.26. The van der Waals surface area contributed by atoms with Crippen LogP contribution in [0.3, 0.4) is 0 Å². The summed E-state index contributed by atoms with van der Waals surface area (Å²) in [6.07, 6.45) is 2.72.